The highest BCUT2D eigenvalue weighted by Crippen LogP contribution is 2.39. The number of phenols is 1. The number of hydrogen-bond acceptors (Lipinski definition) is 5. The van der Waals surface area contributed by atoms with Crippen molar-refractivity contribution >= 4 is 18.0 Å². The van der Waals surface area contributed by atoms with E-state index in [1.807, 2.05) is 125 Å². The van der Waals surface area contributed by atoms with E-state index < -0.39 is 5.97 Å². The molecule has 1 N–H and O–H groups in total. The second-order valence-corrected chi connectivity index (χ2v) is 11.8. The molecule has 0 aliphatic rings. The summed E-state index contributed by atoms with van der Waals surface area (Å²) >= 11 is 0. The quantitative estimate of drug-likeness (QED) is 0.0759. The number of ether oxygens (including phenoxy) is 2. The van der Waals surface area contributed by atoms with Gasteiger partial charge in [0.15, 0.2) is 0 Å². The summed E-state index contributed by atoms with van der Waals surface area (Å²) < 4.78 is 11.2. The van der Waals surface area contributed by atoms with E-state index in [1.165, 1.54) is 22.8 Å². The molecule has 0 fully saturated rings. The van der Waals surface area contributed by atoms with Gasteiger partial charge in [-0.15, -0.1) is 0 Å². The number of phenolic OH excluding ortho intramolecular Hbond substituents is 1. The lowest BCUT2D eigenvalue weighted by atomic mass is 9.78. The van der Waals surface area contributed by atoms with Gasteiger partial charge in [0.2, 0.25) is 0 Å². The third-order valence-electron chi connectivity index (χ3n) is 8.51. The van der Waals surface area contributed by atoms with Gasteiger partial charge in [-0.25, -0.2) is 9.59 Å². The largest absolute Gasteiger partial charge is 0.508 e. The van der Waals surface area contributed by atoms with Gasteiger partial charge in [0.25, 0.3) is 0 Å². The van der Waals surface area contributed by atoms with Gasteiger partial charge in [0, 0.05) is 6.08 Å². The van der Waals surface area contributed by atoms with Crippen molar-refractivity contribution in [1.29, 1.82) is 0 Å². The van der Waals surface area contributed by atoms with Gasteiger partial charge in [0.05, 0.1) is 5.56 Å². The minimum Gasteiger partial charge on any atom is -0.508 e. The van der Waals surface area contributed by atoms with E-state index in [0.717, 1.165) is 24.8 Å². The van der Waals surface area contributed by atoms with Crippen LogP contribution in [-0.4, -0.2) is 17.0 Å². The minimum absolute atomic E-state index is 0.211. The van der Waals surface area contributed by atoms with Gasteiger partial charge in [-0.05, 0) is 114 Å². The molecule has 0 spiro atoms. The monoisotopic (exact) mass is 684 g/mol. The maximum absolute atomic E-state index is 12.6. The van der Waals surface area contributed by atoms with Crippen LogP contribution in [0.1, 0.15) is 111 Å². The van der Waals surface area contributed by atoms with Crippen molar-refractivity contribution in [3.05, 3.63) is 167 Å². The average Bonchev–Trinajstić information content (AvgIpc) is 3.19. The number of carbonyl (C=O) groups excluding carboxylic acids is 2. The summed E-state index contributed by atoms with van der Waals surface area (Å²) in [5.41, 5.74) is 4.96. The van der Waals surface area contributed by atoms with Crippen LogP contribution < -0.4 is 9.47 Å². The number of rotatable bonds is 13. The predicted octanol–water partition coefficient (Wildman–Crippen LogP) is 12.1. The van der Waals surface area contributed by atoms with Crippen molar-refractivity contribution < 1.29 is 24.2 Å². The van der Waals surface area contributed by atoms with Crippen LogP contribution in [0.4, 0.5) is 0 Å². The zero-order valence-electron chi connectivity index (χ0n) is 30.8. The van der Waals surface area contributed by atoms with Gasteiger partial charge < -0.3 is 14.6 Å². The van der Waals surface area contributed by atoms with E-state index >= 15 is 0 Å². The Bertz CT molecular complexity index is 1740. The molecule has 0 aliphatic heterocycles. The fourth-order valence-electron chi connectivity index (χ4n) is 5.85. The van der Waals surface area contributed by atoms with Crippen molar-refractivity contribution in [3.63, 3.8) is 0 Å². The van der Waals surface area contributed by atoms with Crippen molar-refractivity contribution in [2.75, 3.05) is 0 Å². The third-order valence-corrected chi connectivity index (χ3v) is 8.51. The summed E-state index contributed by atoms with van der Waals surface area (Å²) in [6.45, 7) is 12.4. The smallest absolute Gasteiger partial charge is 0.343 e. The zero-order valence-corrected chi connectivity index (χ0v) is 30.8. The highest BCUT2D eigenvalue weighted by atomic mass is 16.5. The summed E-state index contributed by atoms with van der Waals surface area (Å²) in [7, 11) is 0. The third kappa shape index (κ3) is 12.8. The average molecular weight is 685 g/mol. The van der Waals surface area contributed by atoms with E-state index in [9.17, 15) is 14.7 Å². The number of hydrogen-bond donors (Lipinski definition) is 1. The molecule has 5 aromatic carbocycles. The van der Waals surface area contributed by atoms with Crippen LogP contribution in [0.5, 0.6) is 17.2 Å². The zero-order chi connectivity index (χ0) is 37.0. The Morgan fingerprint density at radius 1 is 0.608 bits per heavy atom. The van der Waals surface area contributed by atoms with Crippen molar-refractivity contribution in [2.24, 2.45) is 0 Å². The Kier molecular flexibility index (Phi) is 17.0. The first-order valence-electron chi connectivity index (χ1n) is 18.1. The van der Waals surface area contributed by atoms with Gasteiger partial charge in [-0.2, -0.15) is 0 Å². The van der Waals surface area contributed by atoms with E-state index in [1.54, 1.807) is 30.3 Å². The normalized spacial score (nSPS) is 12.3. The molecule has 0 saturated heterocycles. The summed E-state index contributed by atoms with van der Waals surface area (Å²) in [6, 6.07) is 41.7. The number of aromatic hydroxyl groups is 1. The molecule has 0 aliphatic carbocycles. The van der Waals surface area contributed by atoms with Crippen molar-refractivity contribution in [1.82, 2.24) is 0 Å². The predicted molar refractivity (Wildman–Crippen MR) is 210 cm³/mol. The van der Waals surface area contributed by atoms with E-state index in [-0.39, 0.29) is 29.5 Å². The lowest BCUT2D eigenvalue weighted by Gasteiger charge is -2.27. The maximum atomic E-state index is 12.6. The van der Waals surface area contributed by atoms with Crippen LogP contribution in [0.3, 0.4) is 0 Å². The fourth-order valence-corrected chi connectivity index (χ4v) is 5.85. The van der Waals surface area contributed by atoms with Crippen LogP contribution in [-0.2, 0) is 4.79 Å². The van der Waals surface area contributed by atoms with Gasteiger partial charge in [0.1, 0.15) is 17.2 Å². The molecule has 5 aromatic rings. The molecular formula is C46H52O5. The SMILES string of the molecule is CC.CC.CCC(CC(CC(C)c1ccc(O)cc1)c1ccc(OC(=O)c2ccccc2)cc1)c1ccc(OC(=O)/C=C/c2ccccc2)cc1. The molecule has 0 radical (unpaired) electrons. The number of benzene rings is 5. The molecule has 3 atom stereocenters. The maximum Gasteiger partial charge on any atom is 0.343 e. The molecule has 3 unspecified atom stereocenters. The van der Waals surface area contributed by atoms with Gasteiger partial charge >= 0.3 is 11.9 Å². The first-order valence-corrected chi connectivity index (χ1v) is 18.1. The lowest BCUT2D eigenvalue weighted by Crippen LogP contribution is -2.11. The molecule has 0 heterocycles. The molecule has 51 heavy (non-hydrogen) atoms. The van der Waals surface area contributed by atoms with Crippen LogP contribution in [0.25, 0.3) is 6.08 Å². The van der Waals surface area contributed by atoms with Crippen molar-refractivity contribution in [3.8, 4) is 17.2 Å². The van der Waals surface area contributed by atoms with E-state index in [0.29, 0.717) is 17.1 Å². The molecule has 5 nitrogen and oxygen atoms in total. The Labute approximate surface area is 304 Å². The molecule has 266 valence electrons. The van der Waals surface area contributed by atoms with Crippen LogP contribution >= 0.6 is 0 Å². The lowest BCUT2D eigenvalue weighted by molar-refractivity contribution is -0.128. The summed E-state index contributed by atoms with van der Waals surface area (Å²) in [6.07, 6.45) is 5.92. The molecule has 0 amide bonds. The number of carbonyl (C=O) groups is 2. The first kappa shape index (κ1) is 40.0. The van der Waals surface area contributed by atoms with Gasteiger partial charge in [-0.3, -0.25) is 0 Å². The highest BCUT2D eigenvalue weighted by Gasteiger charge is 2.22. The Morgan fingerprint density at radius 2 is 1.10 bits per heavy atom. The van der Waals surface area contributed by atoms with Crippen LogP contribution in [0.2, 0.25) is 0 Å². The Hall–Kier alpha value is -5.42. The Morgan fingerprint density at radius 3 is 1.65 bits per heavy atom. The molecular weight excluding hydrogens is 633 g/mol. The number of esters is 2. The van der Waals surface area contributed by atoms with Crippen LogP contribution in [0, 0.1) is 0 Å². The first-order chi connectivity index (χ1) is 24.9. The van der Waals surface area contributed by atoms with Crippen molar-refractivity contribution in [2.45, 2.75) is 78.6 Å². The molecule has 0 saturated carbocycles. The van der Waals surface area contributed by atoms with E-state index in [2.05, 4.69) is 26.0 Å². The minimum atomic E-state index is -0.421. The molecule has 0 aromatic heterocycles. The molecule has 0 bridgehead atoms. The van der Waals surface area contributed by atoms with E-state index in [4.69, 9.17) is 9.47 Å². The second kappa shape index (κ2) is 21.6. The topological polar surface area (TPSA) is 72.8 Å². The standard InChI is InChI=1S/C42H40O5.2C2H6/c1-3-32(34-17-23-39(24-18-34)46-41(44)27-14-31-10-6-4-7-11-31)29-37(28-30(2)33-15-21-38(43)22-16-33)35-19-25-40(26-20-35)47-42(45)36-12-8-5-9-13-36;2*1-2/h4-27,30,32,37,43H,3,28-29H2,1-2H3;2*1-2H3/b27-14+;;. The Balaban J connectivity index is 0.00000169. The van der Waals surface area contributed by atoms with Crippen LogP contribution in [0.15, 0.2) is 140 Å². The summed E-state index contributed by atoms with van der Waals surface area (Å²) in [5, 5.41) is 9.81. The molecule has 5 heteroatoms. The summed E-state index contributed by atoms with van der Waals surface area (Å²) in [5.74, 6) is 1.18. The molecule has 5 rings (SSSR count). The van der Waals surface area contributed by atoms with Gasteiger partial charge in [-0.1, -0.05) is 126 Å². The summed E-state index contributed by atoms with van der Waals surface area (Å²) in [4.78, 5) is 25.0. The fraction of sp³-hybridized carbons (Fsp3) is 0.261. The second-order valence-electron chi connectivity index (χ2n) is 11.8. The highest BCUT2D eigenvalue weighted by molar-refractivity contribution is 5.91.